The van der Waals surface area contributed by atoms with Gasteiger partial charge in [0.15, 0.2) is 6.29 Å². The highest BCUT2D eigenvalue weighted by molar-refractivity contribution is 7.23. The van der Waals surface area contributed by atoms with Crippen LogP contribution in [-0.4, -0.2) is 13.3 Å². The van der Waals surface area contributed by atoms with Gasteiger partial charge in [0.05, 0.1) is 5.69 Å². The van der Waals surface area contributed by atoms with E-state index in [1.54, 1.807) is 11.3 Å². The molecule has 2 heterocycles. The van der Waals surface area contributed by atoms with Crippen molar-refractivity contribution in [2.75, 3.05) is 16.8 Å². The van der Waals surface area contributed by atoms with Gasteiger partial charge in [0.2, 0.25) is 0 Å². The van der Waals surface area contributed by atoms with Gasteiger partial charge in [-0.2, -0.15) is 0 Å². The minimum absolute atomic E-state index is 0.150. The summed E-state index contributed by atoms with van der Waals surface area (Å²) in [6.07, 6.45) is -0.150. The first-order valence-corrected chi connectivity index (χ1v) is 7.43. The monoisotopic (exact) mass is 281 g/mol. The highest BCUT2D eigenvalue weighted by Crippen LogP contribution is 2.51. The zero-order chi connectivity index (χ0) is 13.7. The number of hydrogen-bond acceptors (Lipinski definition) is 4. The van der Waals surface area contributed by atoms with E-state index in [0.717, 1.165) is 5.69 Å². The number of rotatable bonds is 1. The van der Waals surface area contributed by atoms with Crippen LogP contribution in [0.15, 0.2) is 54.6 Å². The first-order chi connectivity index (χ1) is 9.77. The average molecular weight is 281 g/mol. The van der Waals surface area contributed by atoms with E-state index in [4.69, 9.17) is 5.73 Å². The molecule has 2 aromatic carbocycles. The third kappa shape index (κ3) is 1.49. The number of fused-ring (bicyclic) bond motifs is 3. The lowest BCUT2D eigenvalue weighted by Gasteiger charge is -2.27. The summed E-state index contributed by atoms with van der Waals surface area (Å²) in [6, 6.07) is 18.9. The molecular weight excluding hydrogens is 266 g/mol. The molecule has 0 amide bonds. The topological polar surface area (TPSA) is 32.5 Å². The molecule has 0 fully saturated rings. The van der Waals surface area contributed by atoms with E-state index in [-0.39, 0.29) is 6.29 Å². The van der Waals surface area contributed by atoms with Crippen LogP contribution in [0.3, 0.4) is 0 Å². The molecule has 1 aliphatic rings. The molecule has 0 bridgehead atoms. The Bertz CT molecular complexity index is 766. The molecular formula is C16H15N3S. The standard InChI is InChI=1S/C16H15N3S/c1-18-15-14(12-9-5-6-10-13(12)20-15)19(16(18)17)11-7-3-2-4-8-11/h2-10,16H,17H2,1H3. The molecule has 0 saturated carbocycles. The van der Waals surface area contributed by atoms with Crippen molar-refractivity contribution in [3.63, 3.8) is 0 Å². The SMILES string of the molecule is CN1c2sc3ccccc3c2N(c2ccccc2)C1N. The van der Waals surface area contributed by atoms with Crippen molar-refractivity contribution in [3.8, 4) is 0 Å². The summed E-state index contributed by atoms with van der Waals surface area (Å²) in [5.74, 6) is 0. The lowest BCUT2D eigenvalue weighted by molar-refractivity contribution is 0.704. The van der Waals surface area contributed by atoms with Crippen molar-refractivity contribution in [1.29, 1.82) is 0 Å². The predicted octanol–water partition coefficient (Wildman–Crippen LogP) is 3.73. The van der Waals surface area contributed by atoms with Crippen LogP contribution in [0, 0.1) is 0 Å². The Morgan fingerprint density at radius 3 is 2.50 bits per heavy atom. The minimum Gasteiger partial charge on any atom is -0.332 e. The van der Waals surface area contributed by atoms with Crippen molar-refractivity contribution >= 4 is 37.8 Å². The van der Waals surface area contributed by atoms with Gasteiger partial charge in [-0.15, -0.1) is 11.3 Å². The average Bonchev–Trinajstić information content (AvgIpc) is 2.97. The molecule has 1 unspecified atom stereocenters. The second-order valence-corrected chi connectivity index (χ2v) is 6.01. The van der Waals surface area contributed by atoms with E-state index in [1.165, 1.54) is 20.8 Å². The first kappa shape index (κ1) is 11.8. The van der Waals surface area contributed by atoms with Crippen LogP contribution in [-0.2, 0) is 0 Å². The summed E-state index contributed by atoms with van der Waals surface area (Å²) >= 11 is 1.80. The zero-order valence-corrected chi connectivity index (χ0v) is 12.0. The van der Waals surface area contributed by atoms with Crippen molar-refractivity contribution in [2.24, 2.45) is 5.73 Å². The Hall–Kier alpha value is -2.04. The molecule has 0 spiro atoms. The highest BCUT2D eigenvalue weighted by Gasteiger charge is 2.35. The fourth-order valence-electron chi connectivity index (χ4n) is 2.79. The summed E-state index contributed by atoms with van der Waals surface area (Å²) in [5, 5.41) is 2.51. The Kier molecular flexibility index (Phi) is 2.49. The quantitative estimate of drug-likeness (QED) is 0.737. The molecule has 3 aromatic rings. The maximum Gasteiger partial charge on any atom is 0.160 e. The van der Waals surface area contributed by atoms with Gasteiger partial charge in [0, 0.05) is 22.8 Å². The molecule has 0 saturated heterocycles. The van der Waals surface area contributed by atoms with Crippen LogP contribution in [0.2, 0.25) is 0 Å². The largest absolute Gasteiger partial charge is 0.332 e. The fourth-order valence-corrected chi connectivity index (χ4v) is 3.97. The van der Waals surface area contributed by atoms with Gasteiger partial charge in [-0.05, 0) is 18.2 Å². The Morgan fingerprint density at radius 1 is 1.00 bits per heavy atom. The van der Waals surface area contributed by atoms with Crippen molar-refractivity contribution in [1.82, 2.24) is 0 Å². The van der Waals surface area contributed by atoms with E-state index in [2.05, 4.69) is 65.4 Å². The Balaban J connectivity index is 1.99. The molecule has 3 nitrogen and oxygen atoms in total. The number of hydrogen-bond donors (Lipinski definition) is 1. The van der Waals surface area contributed by atoms with Gasteiger partial charge in [0.25, 0.3) is 0 Å². The molecule has 20 heavy (non-hydrogen) atoms. The van der Waals surface area contributed by atoms with Crippen LogP contribution >= 0.6 is 11.3 Å². The van der Waals surface area contributed by atoms with Crippen LogP contribution in [0.4, 0.5) is 16.4 Å². The van der Waals surface area contributed by atoms with E-state index in [0.29, 0.717) is 0 Å². The maximum atomic E-state index is 6.40. The van der Waals surface area contributed by atoms with E-state index >= 15 is 0 Å². The third-order valence-electron chi connectivity index (χ3n) is 3.81. The van der Waals surface area contributed by atoms with E-state index in [9.17, 15) is 0 Å². The van der Waals surface area contributed by atoms with Crippen LogP contribution in [0.25, 0.3) is 10.1 Å². The Morgan fingerprint density at radius 2 is 1.70 bits per heavy atom. The van der Waals surface area contributed by atoms with Crippen molar-refractivity contribution < 1.29 is 0 Å². The second kappa shape index (κ2) is 4.23. The molecule has 4 heteroatoms. The van der Waals surface area contributed by atoms with Gasteiger partial charge < -0.3 is 9.80 Å². The van der Waals surface area contributed by atoms with E-state index in [1.807, 2.05) is 6.07 Å². The van der Waals surface area contributed by atoms with Gasteiger partial charge >= 0.3 is 0 Å². The second-order valence-electron chi connectivity index (χ2n) is 4.98. The number of nitrogens with zero attached hydrogens (tertiary/aromatic N) is 2. The van der Waals surface area contributed by atoms with Crippen LogP contribution < -0.4 is 15.5 Å². The molecule has 100 valence electrons. The molecule has 4 rings (SSSR count). The molecule has 2 N–H and O–H groups in total. The number of anilines is 3. The van der Waals surface area contributed by atoms with Crippen molar-refractivity contribution in [3.05, 3.63) is 54.6 Å². The van der Waals surface area contributed by atoms with Gasteiger partial charge in [-0.3, -0.25) is 5.73 Å². The minimum atomic E-state index is -0.150. The van der Waals surface area contributed by atoms with Gasteiger partial charge in [0.1, 0.15) is 5.00 Å². The zero-order valence-electron chi connectivity index (χ0n) is 11.2. The fraction of sp³-hybridized carbons (Fsp3) is 0.125. The maximum absolute atomic E-state index is 6.40. The van der Waals surface area contributed by atoms with Gasteiger partial charge in [-0.1, -0.05) is 36.4 Å². The number of para-hydroxylation sites is 1. The number of benzene rings is 2. The third-order valence-corrected chi connectivity index (χ3v) is 5.06. The molecule has 0 aliphatic carbocycles. The van der Waals surface area contributed by atoms with E-state index < -0.39 is 0 Å². The lowest BCUT2D eigenvalue weighted by Crippen LogP contribution is -2.46. The molecule has 0 radical (unpaired) electrons. The van der Waals surface area contributed by atoms with Gasteiger partial charge in [-0.25, -0.2) is 0 Å². The number of thiophene rings is 1. The normalized spacial score (nSPS) is 17.8. The van der Waals surface area contributed by atoms with Crippen LogP contribution in [0.1, 0.15) is 0 Å². The highest BCUT2D eigenvalue weighted by atomic mass is 32.1. The Labute approximate surface area is 121 Å². The summed E-state index contributed by atoms with van der Waals surface area (Å²) < 4.78 is 1.30. The summed E-state index contributed by atoms with van der Waals surface area (Å²) in [5.41, 5.74) is 8.76. The lowest BCUT2D eigenvalue weighted by atomic mass is 10.2. The van der Waals surface area contributed by atoms with Crippen molar-refractivity contribution in [2.45, 2.75) is 6.29 Å². The molecule has 1 aromatic heterocycles. The summed E-state index contributed by atoms with van der Waals surface area (Å²) in [7, 11) is 2.06. The molecule has 1 aliphatic heterocycles. The number of nitrogens with two attached hydrogens (primary N) is 1. The van der Waals surface area contributed by atoms with Crippen LogP contribution in [0.5, 0.6) is 0 Å². The molecule has 1 atom stereocenters. The smallest absolute Gasteiger partial charge is 0.160 e. The summed E-state index contributed by atoms with van der Waals surface area (Å²) in [4.78, 5) is 4.36. The summed E-state index contributed by atoms with van der Waals surface area (Å²) in [6.45, 7) is 0. The predicted molar refractivity (Wildman–Crippen MR) is 86.8 cm³/mol. The first-order valence-electron chi connectivity index (χ1n) is 6.61.